The molecule has 314 valence electrons. The monoisotopic (exact) mass is 832 g/mol. The number of aromatic nitrogens is 8. The van der Waals surface area contributed by atoms with E-state index in [0.717, 1.165) is 84.4 Å². The van der Waals surface area contributed by atoms with E-state index in [1.807, 2.05) is 45.2 Å². The summed E-state index contributed by atoms with van der Waals surface area (Å²) < 4.78 is 14.9. The van der Waals surface area contributed by atoms with Crippen LogP contribution in [0.5, 0.6) is 0 Å². The van der Waals surface area contributed by atoms with Crippen LogP contribution in [-0.4, -0.2) is 66.5 Å². The number of halogens is 2. The number of rotatable bonds is 11. The lowest BCUT2D eigenvalue weighted by Crippen LogP contribution is -2.27. The van der Waals surface area contributed by atoms with Crippen molar-refractivity contribution in [2.75, 3.05) is 47.4 Å². The van der Waals surface area contributed by atoms with Gasteiger partial charge in [0.25, 0.3) is 0 Å². The van der Waals surface area contributed by atoms with Gasteiger partial charge >= 0.3 is 0 Å². The molecule has 8 N–H and O–H groups in total. The van der Waals surface area contributed by atoms with Gasteiger partial charge in [-0.3, -0.25) is 10.2 Å². The Kier molecular flexibility index (Phi) is 12.6. The average Bonchev–Trinajstić information content (AvgIpc) is 3.86. The minimum Gasteiger partial charge on any atom is -0.324 e. The van der Waals surface area contributed by atoms with E-state index in [9.17, 15) is 4.39 Å². The van der Waals surface area contributed by atoms with Crippen molar-refractivity contribution in [2.45, 2.75) is 90.9 Å². The fourth-order valence-electron chi connectivity index (χ4n) is 8.02. The van der Waals surface area contributed by atoms with Gasteiger partial charge in [-0.2, -0.15) is 20.2 Å². The molecule has 1 saturated carbocycles. The van der Waals surface area contributed by atoms with Crippen molar-refractivity contribution >= 4 is 58.1 Å². The molecule has 2 aromatic carbocycles. The maximum absolute atomic E-state index is 14.9. The minimum atomic E-state index is -0.312. The van der Waals surface area contributed by atoms with Gasteiger partial charge in [0.15, 0.2) is 17.5 Å². The first-order valence-electron chi connectivity index (χ1n) is 20.9. The summed E-state index contributed by atoms with van der Waals surface area (Å²) in [5.41, 5.74) is 10.6. The molecule has 9 rings (SSSR count). The summed E-state index contributed by atoms with van der Waals surface area (Å²) in [6, 6.07) is 11.9. The van der Waals surface area contributed by atoms with Crippen LogP contribution in [0.4, 0.5) is 50.9 Å². The molecule has 60 heavy (non-hydrogen) atoms. The van der Waals surface area contributed by atoms with Gasteiger partial charge in [0.1, 0.15) is 16.7 Å². The van der Waals surface area contributed by atoms with E-state index in [1.165, 1.54) is 48.6 Å². The van der Waals surface area contributed by atoms with Crippen LogP contribution < -0.4 is 31.9 Å². The van der Waals surface area contributed by atoms with Crippen molar-refractivity contribution in [1.82, 2.24) is 51.0 Å². The average molecular weight is 833 g/mol. The topological polar surface area (TPSA) is 181 Å². The van der Waals surface area contributed by atoms with Crippen LogP contribution in [0.15, 0.2) is 48.8 Å². The first kappa shape index (κ1) is 41.1. The largest absolute Gasteiger partial charge is 0.324 e. The predicted octanol–water partition coefficient (Wildman–Crippen LogP) is 9.52. The highest BCUT2D eigenvalue weighted by Gasteiger charge is 2.26. The third-order valence-electron chi connectivity index (χ3n) is 11.5. The predicted molar refractivity (Wildman–Crippen MR) is 238 cm³/mol. The van der Waals surface area contributed by atoms with E-state index in [0.29, 0.717) is 46.0 Å². The molecule has 0 atom stereocenters. The number of anilines is 8. The van der Waals surface area contributed by atoms with Crippen LogP contribution in [0.2, 0.25) is 5.02 Å². The second-order valence-electron chi connectivity index (χ2n) is 16.3. The summed E-state index contributed by atoms with van der Waals surface area (Å²) in [7, 11) is 0. The molecular weight excluding hydrogens is 779 g/mol. The van der Waals surface area contributed by atoms with Crippen LogP contribution >= 0.6 is 11.6 Å². The quantitative estimate of drug-likeness (QED) is 0.0620. The number of H-pyrrole nitrogens is 2. The maximum Gasteiger partial charge on any atom is 0.229 e. The Morgan fingerprint density at radius 3 is 1.78 bits per heavy atom. The molecule has 14 nitrogen and oxygen atoms in total. The molecule has 6 aromatic rings. The van der Waals surface area contributed by atoms with Gasteiger partial charge in [0.05, 0.1) is 11.9 Å². The van der Waals surface area contributed by atoms with E-state index in [-0.39, 0.29) is 11.8 Å². The van der Waals surface area contributed by atoms with Gasteiger partial charge in [-0.15, -0.1) is 0 Å². The summed E-state index contributed by atoms with van der Waals surface area (Å²) in [6.45, 7) is 14.5. The molecule has 4 aromatic heterocycles. The van der Waals surface area contributed by atoms with E-state index in [4.69, 9.17) is 11.6 Å². The normalized spacial score (nSPS) is 15.9. The summed E-state index contributed by atoms with van der Waals surface area (Å²) in [4.78, 5) is 17.8. The van der Waals surface area contributed by atoms with Gasteiger partial charge < -0.3 is 31.9 Å². The third-order valence-corrected chi connectivity index (χ3v) is 11.8. The van der Waals surface area contributed by atoms with Crippen molar-refractivity contribution in [2.24, 2.45) is 0 Å². The van der Waals surface area contributed by atoms with Crippen molar-refractivity contribution in [3.8, 4) is 0 Å². The molecular formula is C44H54ClFN14. The Labute approximate surface area is 355 Å². The Morgan fingerprint density at radius 1 is 0.567 bits per heavy atom. The molecule has 6 heterocycles. The first-order chi connectivity index (χ1) is 29.1. The van der Waals surface area contributed by atoms with E-state index >= 15 is 0 Å². The second-order valence-corrected chi connectivity index (χ2v) is 16.7. The highest BCUT2D eigenvalue weighted by atomic mass is 35.5. The van der Waals surface area contributed by atoms with Gasteiger partial charge in [0.2, 0.25) is 11.9 Å². The molecule has 16 heteroatoms. The zero-order chi connectivity index (χ0) is 41.8. The second kappa shape index (κ2) is 18.3. The Bertz CT molecular complexity index is 2430. The summed E-state index contributed by atoms with van der Waals surface area (Å²) in [5.74, 6) is 4.67. The minimum absolute atomic E-state index is 0.262. The molecule has 0 amide bonds. The standard InChI is InChI=1S/C22H25ClFN7.C22H29N7/c1-12-8-19(17(24)9-15(12)13-4-6-25-7-5-13)27-22-26-11-16(23)21(29-22)28-20-10-18(30-31-20)14-2-3-14;1-13-10-19(14(2)9-18(13)17-5-7-23-8-6-17)25-22-24-12-15(3)21(27-22)26-20-11-16(4)28-29-20/h8-11,13-14,25H,2-7H2,1H3,(H3,26,27,28,29,30,31);9-12,17,23H,5-8H2,1-4H3,(H3,24,25,26,27,28,29). The summed E-state index contributed by atoms with van der Waals surface area (Å²) >= 11 is 6.26. The Balaban J connectivity index is 0.000000167. The number of piperidine rings is 2. The van der Waals surface area contributed by atoms with Crippen molar-refractivity contribution < 1.29 is 4.39 Å². The summed E-state index contributed by atoms with van der Waals surface area (Å²) in [6.07, 6.45) is 10.1. The lowest BCUT2D eigenvalue weighted by atomic mass is 9.86. The molecule has 3 aliphatic rings. The number of nitrogens with zero attached hydrogens (tertiary/aromatic N) is 6. The summed E-state index contributed by atoms with van der Waals surface area (Å²) in [5, 5.41) is 34.4. The van der Waals surface area contributed by atoms with Gasteiger partial charge in [-0.1, -0.05) is 17.7 Å². The highest BCUT2D eigenvalue weighted by Crippen LogP contribution is 2.40. The number of aromatic amines is 2. The van der Waals surface area contributed by atoms with Crippen LogP contribution in [0.3, 0.4) is 0 Å². The van der Waals surface area contributed by atoms with Gasteiger partial charge in [-0.25, -0.2) is 14.4 Å². The van der Waals surface area contributed by atoms with Gasteiger partial charge in [-0.05, 0) is 157 Å². The smallest absolute Gasteiger partial charge is 0.229 e. The fourth-order valence-corrected chi connectivity index (χ4v) is 8.16. The Hall–Kier alpha value is -5.64. The molecule has 2 aliphatic heterocycles. The fraction of sp³-hybridized carbons (Fsp3) is 0.409. The molecule has 2 saturated heterocycles. The Morgan fingerprint density at radius 2 is 1.13 bits per heavy atom. The van der Waals surface area contributed by atoms with E-state index < -0.39 is 0 Å². The lowest BCUT2D eigenvalue weighted by Gasteiger charge is -2.25. The molecule has 0 unspecified atom stereocenters. The molecule has 1 aliphatic carbocycles. The molecule has 0 spiro atoms. The van der Waals surface area contributed by atoms with Crippen molar-refractivity contribution in [3.63, 3.8) is 0 Å². The van der Waals surface area contributed by atoms with Crippen molar-refractivity contribution in [3.05, 3.63) is 104 Å². The lowest BCUT2D eigenvalue weighted by molar-refractivity contribution is 0.457. The molecule has 0 bridgehead atoms. The van der Waals surface area contributed by atoms with E-state index in [2.05, 4.69) is 98.2 Å². The first-order valence-corrected chi connectivity index (χ1v) is 21.3. The number of hydrogen-bond acceptors (Lipinski definition) is 12. The van der Waals surface area contributed by atoms with Crippen LogP contribution in [0.25, 0.3) is 0 Å². The zero-order valence-corrected chi connectivity index (χ0v) is 35.6. The number of benzene rings is 2. The highest BCUT2D eigenvalue weighted by molar-refractivity contribution is 6.32. The number of aryl methyl sites for hydroxylation is 5. The zero-order valence-electron chi connectivity index (χ0n) is 34.9. The number of hydrogen-bond donors (Lipinski definition) is 8. The molecule has 0 radical (unpaired) electrons. The van der Waals surface area contributed by atoms with Crippen LogP contribution in [0, 0.1) is 40.4 Å². The third kappa shape index (κ3) is 10.0. The van der Waals surface area contributed by atoms with Crippen LogP contribution in [-0.2, 0) is 0 Å². The van der Waals surface area contributed by atoms with Gasteiger partial charge in [0, 0.05) is 46.9 Å². The van der Waals surface area contributed by atoms with Crippen molar-refractivity contribution in [1.29, 1.82) is 0 Å². The SMILES string of the molecule is Cc1cc(Nc2nc(Nc3cc(C)c(C4CCNCC4)cc3C)ncc2C)n[nH]1.Cc1cc(Nc2ncc(Cl)c(Nc3cc(C4CC4)[nH]n3)n2)c(F)cc1C1CCNCC1. The maximum atomic E-state index is 14.9. The van der Waals surface area contributed by atoms with Crippen LogP contribution in [0.1, 0.15) is 101 Å². The van der Waals surface area contributed by atoms with E-state index in [1.54, 1.807) is 6.07 Å². The number of nitrogens with one attached hydrogen (secondary N) is 8. The molecule has 3 fully saturated rings.